The summed E-state index contributed by atoms with van der Waals surface area (Å²) in [6.07, 6.45) is 1.12. The lowest BCUT2D eigenvalue weighted by atomic mass is 10.1. The fraction of sp³-hybridized carbons (Fsp3) is 0.118. The van der Waals surface area contributed by atoms with Gasteiger partial charge in [0.1, 0.15) is 0 Å². The van der Waals surface area contributed by atoms with Crippen LogP contribution >= 0.6 is 11.6 Å². The van der Waals surface area contributed by atoms with Gasteiger partial charge in [0.2, 0.25) is 0 Å². The van der Waals surface area contributed by atoms with Crippen LogP contribution in [0.5, 0.6) is 0 Å². The monoisotopic (exact) mass is 374 g/mol. The van der Waals surface area contributed by atoms with Gasteiger partial charge in [-0.1, -0.05) is 29.3 Å². The van der Waals surface area contributed by atoms with Crippen molar-refractivity contribution in [1.29, 1.82) is 0 Å². The standard InChI is InChI=1S/C17H15ClN4O4/c1-11-3-2-4-12(7-11)17(24)19-10-16(23)21-20-9-13-8-14(18)5-6-15(13)22(25)26/h2-9H,10H2,1H3,(H,19,24)(H,21,23). The second-order valence-electron chi connectivity index (χ2n) is 5.31. The van der Waals surface area contributed by atoms with Gasteiger partial charge in [-0.2, -0.15) is 5.10 Å². The largest absolute Gasteiger partial charge is 0.343 e. The van der Waals surface area contributed by atoms with Gasteiger partial charge in [-0.3, -0.25) is 19.7 Å². The summed E-state index contributed by atoms with van der Waals surface area (Å²) in [7, 11) is 0. The van der Waals surface area contributed by atoms with E-state index in [1.54, 1.807) is 18.2 Å². The van der Waals surface area contributed by atoms with E-state index in [9.17, 15) is 19.7 Å². The highest BCUT2D eigenvalue weighted by atomic mass is 35.5. The summed E-state index contributed by atoms with van der Waals surface area (Å²) >= 11 is 5.80. The molecule has 2 amide bonds. The molecule has 0 aliphatic heterocycles. The molecule has 0 bridgehead atoms. The van der Waals surface area contributed by atoms with E-state index in [4.69, 9.17) is 11.6 Å². The number of halogens is 1. The predicted octanol–water partition coefficient (Wildman–Crippen LogP) is 2.44. The van der Waals surface area contributed by atoms with Crippen molar-refractivity contribution in [1.82, 2.24) is 10.7 Å². The third kappa shape index (κ3) is 5.38. The third-order valence-corrected chi connectivity index (χ3v) is 3.50. The van der Waals surface area contributed by atoms with Crippen LogP contribution in [0.1, 0.15) is 21.5 Å². The van der Waals surface area contributed by atoms with Gasteiger partial charge in [-0.15, -0.1) is 0 Å². The summed E-state index contributed by atoms with van der Waals surface area (Å²) in [4.78, 5) is 34.0. The van der Waals surface area contributed by atoms with E-state index in [2.05, 4.69) is 15.8 Å². The van der Waals surface area contributed by atoms with Crippen LogP contribution in [-0.4, -0.2) is 29.5 Å². The molecule has 2 rings (SSSR count). The number of hydrogen-bond donors (Lipinski definition) is 2. The van der Waals surface area contributed by atoms with E-state index in [1.165, 1.54) is 18.2 Å². The number of carbonyl (C=O) groups is 2. The second-order valence-corrected chi connectivity index (χ2v) is 5.74. The Morgan fingerprint density at radius 1 is 1.27 bits per heavy atom. The summed E-state index contributed by atoms with van der Waals surface area (Å²) in [6.45, 7) is 1.56. The van der Waals surface area contributed by atoms with Crippen LogP contribution in [-0.2, 0) is 4.79 Å². The van der Waals surface area contributed by atoms with Gasteiger partial charge in [-0.25, -0.2) is 5.43 Å². The minimum atomic E-state index is -0.582. The number of benzene rings is 2. The van der Waals surface area contributed by atoms with Crippen molar-refractivity contribution in [3.05, 3.63) is 74.3 Å². The molecule has 0 aromatic heterocycles. The molecular formula is C17H15ClN4O4. The Balaban J connectivity index is 1.91. The Morgan fingerprint density at radius 2 is 2.04 bits per heavy atom. The molecule has 2 N–H and O–H groups in total. The Bertz CT molecular complexity index is 883. The molecule has 0 saturated carbocycles. The zero-order valence-corrected chi connectivity index (χ0v) is 14.5. The van der Waals surface area contributed by atoms with Gasteiger partial charge < -0.3 is 5.32 Å². The van der Waals surface area contributed by atoms with Crippen LogP contribution in [0.3, 0.4) is 0 Å². The average Bonchev–Trinajstić information content (AvgIpc) is 2.59. The van der Waals surface area contributed by atoms with E-state index in [-0.39, 0.29) is 17.8 Å². The van der Waals surface area contributed by atoms with Crippen molar-refractivity contribution in [2.75, 3.05) is 6.54 Å². The van der Waals surface area contributed by atoms with Crippen LogP contribution in [0.4, 0.5) is 5.69 Å². The first-order chi connectivity index (χ1) is 12.4. The summed E-state index contributed by atoms with van der Waals surface area (Å²) in [5.74, 6) is -0.967. The quantitative estimate of drug-likeness (QED) is 0.459. The van der Waals surface area contributed by atoms with Crippen LogP contribution in [0.15, 0.2) is 47.6 Å². The number of rotatable bonds is 6. The molecule has 0 atom stereocenters. The highest BCUT2D eigenvalue weighted by Crippen LogP contribution is 2.20. The molecule has 2 aromatic rings. The average molecular weight is 375 g/mol. The molecule has 0 aliphatic carbocycles. The number of nitro benzene ring substituents is 1. The summed E-state index contributed by atoms with van der Waals surface area (Å²) in [6, 6.07) is 10.9. The Morgan fingerprint density at radius 3 is 2.73 bits per heavy atom. The molecule has 2 aromatic carbocycles. The first-order valence-electron chi connectivity index (χ1n) is 7.47. The number of aryl methyl sites for hydroxylation is 1. The lowest BCUT2D eigenvalue weighted by molar-refractivity contribution is -0.385. The van der Waals surface area contributed by atoms with E-state index < -0.39 is 16.7 Å². The van der Waals surface area contributed by atoms with Crippen molar-refractivity contribution < 1.29 is 14.5 Å². The highest BCUT2D eigenvalue weighted by Gasteiger charge is 2.12. The maximum Gasteiger partial charge on any atom is 0.278 e. The fourth-order valence-electron chi connectivity index (χ4n) is 2.06. The molecule has 0 radical (unpaired) electrons. The molecule has 0 fully saturated rings. The molecule has 9 heteroatoms. The van der Waals surface area contributed by atoms with Crippen LogP contribution in [0.25, 0.3) is 0 Å². The van der Waals surface area contributed by atoms with E-state index in [0.717, 1.165) is 11.8 Å². The fourth-order valence-corrected chi connectivity index (χ4v) is 2.24. The third-order valence-electron chi connectivity index (χ3n) is 3.27. The normalized spacial score (nSPS) is 10.5. The predicted molar refractivity (Wildman–Crippen MR) is 97.4 cm³/mol. The van der Waals surface area contributed by atoms with Crippen LogP contribution in [0, 0.1) is 17.0 Å². The topological polar surface area (TPSA) is 114 Å². The SMILES string of the molecule is Cc1cccc(C(=O)NCC(=O)NN=Cc2cc(Cl)ccc2[N+](=O)[O-])c1. The minimum absolute atomic E-state index is 0.145. The molecule has 134 valence electrons. The molecule has 0 spiro atoms. The summed E-state index contributed by atoms with van der Waals surface area (Å²) in [5, 5.41) is 17.3. The van der Waals surface area contributed by atoms with Gasteiger partial charge in [0.05, 0.1) is 23.2 Å². The number of carbonyl (C=O) groups excluding carboxylic acids is 2. The van der Waals surface area contributed by atoms with Crippen molar-refractivity contribution >= 4 is 35.3 Å². The number of amides is 2. The smallest absolute Gasteiger partial charge is 0.278 e. The van der Waals surface area contributed by atoms with E-state index in [0.29, 0.717) is 10.6 Å². The van der Waals surface area contributed by atoms with Gasteiger partial charge in [0.15, 0.2) is 0 Å². The van der Waals surface area contributed by atoms with E-state index in [1.807, 2.05) is 13.0 Å². The molecular weight excluding hydrogens is 360 g/mol. The first kappa shape index (κ1) is 19.1. The first-order valence-corrected chi connectivity index (χ1v) is 7.85. The van der Waals surface area contributed by atoms with E-state index >= 15 is 0 Å². The highest BCUT2D eigenvalue weighted by molar-refractivity contribution is 6.31. The molecule has 26 heavy (non-hydrogen) atoms. The van der Waals surface area contributed by atoms with Gasteiger partial charge in [0.25, 0.3) is 17.5 Å². The number of nitrogens with zero attached hydrogens (tertiary/aromatic N) is 2. The van der Waals surface area contributed by atoms with Crippen LogP contribution < -0.4 is 10.7 Å². The Hall–Kier alpha value is -3.26. The molecule has 0 heterocycles. The molecule has 0 saturated heterocycles. The van der Waals surface area contributed by atoms with Gasteiger partial charge >= 0.3 is 0 Å². The summed E-state index contributed by atoms with van der Waals surface area (Å²) in [5.41, 5.74) is 3.50. The lowest BCUT2D eigenvalue weighted by Crippen LogP contribution is -2.34. The summed E-state index contributed by atoms with van der Waals surface area (Å²) < 4.78 is 0. The number of hydrazone groups is 1. The zero-order valence-electron chi connectivity index (χ0n) is 13.7. The Kier molecular flexibility index (Phi) is 6.40. The van der Waals surface area contributed by atoms with Crippen molar-refractivity contribution in [2.45, 2.75) is 6.92 Å². The molecule has 0 unspecified atom stereocenters. The minimum Gasteiger partial charge on any atom is -0.343 e. The number of hydrogen-bond acceptors (Lipinski definition) is 5. The number of nitrogens with one attached hydrogen (secondary N) is 2. The maximum absolute atomic E-state index is 11.9. The van der Waals surface area contributed by atoms with Gasteiger partial charge in [0, 0.05) is 16.7 Å². The van der Waals surface area contributed by atoms with Crippen molar-refractivity contribution in [2.24, 2.45) is 5.10 Å². The molecule has 0 aliphatic rings. The Labute approximate surface area is 154 Å². The number of nitro groups is 1. The molecule has 8 nitrogen and oxygen atoms in total. The lowest BCUT2D eigenvalue weighted by Gasteiger charge is -2.05. The van der Waals surface area contributed by atoms with Crippen LogP contribution in [0.2, 0.25) is 5.02 Å². The van der Waals surface area contributed by atoms with Crippen molar-refractivity contribution in [3.8, 4) is 0 Å². The van der Waals surface area contributed by atoms with Gasteiger partial charge in [-0.05, 0) is 31.2 Å². The van der Waals surface area contributed by atoms with Crippen molar-refractivity contribution in [3.63, 3.8) is 0 Å². The zero-order chi connectivity index (χ0) is 19.1. The maximum atomic E-state index is 11.9. The second kappa shape index (κ2) is 8.72.